The Morgan fingerprint density at radius 2 is 1.80 bits per heavy atom. The summed E-state index contributed by atoms with van der Waals surface area (Å²) in [5.41, 5.74) is 3.78. The van der Waals surface area contributed by atoms with Crippen LogP contribution in [0.5, 0.6) is 5.88 Å². The van der Waals surface area contributed by atoms with Crippen LogP contribution < -0.4 is 4.74 Å². The van der Waals surface area contributed by atoms with Crippen molar-refractivity contribution in [2.45, 2.75) is 27.0 Å². The molecule has 1 aliphatic heterocycles. The minimum absolute atomic E-state index is 0.303. The number of nitrogens with zero attached hydrogens (tertiary/aromatic N) is 5. The predicted octanol–water partition coefficient (Wildman–Crippen LogP) is 4.14. The van der Waals surface area contributed by atoms with Crippen molar-refractivity contribution in [1.29, 1.82) is 0 Å². The fraction of sp³-hybridized carbons (Fsp3) is 0.360. The Morgan fingerprint density at radius 3 is 2.60 bits per heavy atom. The largest absolute Gasteiger partial charge is 0.473 e. The Kier molecular flexibility index (Phi) is 6.48. The number of morpholine rings is 1. The fourth-order valence-electron chi connectivity index (χ4n) is 4.35. The van der Waals surface area contributed by atoms with Crippen LogP contribution in [0.4, 0.5) is 13.2 Å². The van der Waals surface area contributed by atoms with Gasteiger partial charge in [-0.1, -0.05) is 0 Å². The van der Waals surface area contributed by atoms with Gasteiger partial charge in [0.1, 0.15) is 12.4 Å². The molecule has 0 amide bonds. The zero-order valence-electron chi connectivity index (χ0n) is 19.6. The highest BCUT2D eigenvalue weighted by atomic mass is 19.2. The lowest BCUT2D eigenvalue weighted by Gasteiger charge is -2.26. The molecular formula is C25H26F3N5O2. The highest BCUT2D eigenvalue weighted by Gasteiger charge is 2.19. The molecule has 4 heterocycles. The molecule has 1 fully saturated rings. The van der Waals surface area contributed by atoms with Gasteiger partial charge < -0.3 is 9.47 Å². The van der Waals surface area contributed by atoms with Gasteiger partial charge in [0.05, 0.1) is 42.7 Å². The van der Waals surface area contributed by atoms with E-state index in [1.165, 1.54) is 0 Å². The lowest BCUT2D eigenvalue weighted by Crippen LogP contribution is -2.38. The fourth-order valence-corrected chi connectivity index (χ4v) is 4.35. The summed E-state index contributed by atoms with van der Waals surface area (Å²) >= 11 is 0. The molecule has 0 radical (unpaired) electrons. The summed E-state index contributed by atoms with van der Waals surface area (Å²) in [5, 5.41) is 9.13. The summed E-state index contributed by atoms with van der Waals surface area (Å²) in [6, 6.07) is 5.33. The van der Waals surface area contributed by atoms with Crippen molar-refractivity contribution in [2.75, 3.05) is 32.8 Å². The second-order valence-electron chi connectivity index (χ2n) is 8.68. The van der Waals surface area contributed by atoms with Crippen LogP contribution in [0, 0.1) is 31.3 Å². The first-order valence-electron chi connectivity index (χ1n) is 11.5. The van der Waals surface area contributed by atoms with Crippen LogP contribution in [-0.2, 0) is 17.9 Å². The number of aromatic nitrogens is 4. The SMILES string of the molecule is Cc1cc(OCc2c(F)ccc(F)c2F)n2nc(C)c(-c3cnn(CCN4CCOCC4)c3)c2c1. The van der Waals surface area contributed by atoms with Crippen LogP contribution in [0.1, 0.15) is 16.8 Å². The summed E-state index contributed by atoms with van der Waals surface area (Å²) < 4.78 is 56.4. The average Bonchev–Trinajstić information content (AvgIpc) is 3.44. The van der Waals surface area contributed by atoms with Crippen molar-refractivity contribution in [2.24, 2.45) is 0 Å². The lowest BCUT2D eigenvalue weighted by atomic mass is 10.1. The average molecular weight is 486 g/mol. The minimum Gasteiger partial charge on any atom is -0.473 e. The van der Waals surface area contributed by atoms with E-state index in [-0.39, 0.29) is 0 Å². The molecular weight excluding hydrogens is 459 g/mol. The molecule has 0 aliphatic carbocycles. The van der Waals surface area contributed by atoms with Crippen LogP contribution in [0.25, 0.3) is 16.6 Å². The van der Waals surface area contributed by atoms with E-state index < -0.39 is 29.6 Å². The molecule has 1 aromatic carbocycles. The minimum atomic E-state index is -1.25. The standard InChI is InChI=1S/C25H26F3N5O2/c1-16-11-22-24(18-13-29-32(14-18)6-5-31-7-9-34-10-8-31)17(2)30-33(22)23(12-16)35-15-19-20(26)3-4-21(27)25(19)28/h3-4,11-14H,5-10,15H2,1-2H3. The molecule has 7 nitrogen and oxygen atoms in total. The molecule has 0 unspecified atom stereocenters. The zero-order chi connectivity index (χ0) is 24.5. The normalized spacial score (nSPS) is 14.7. The number of halogens is 3. The number of fused-ring (bicyclic) bond motifs is 1. The quantitative estimate of drug-likeness (QED) is 0.368. The van der Waals surface area contributed by atoms with Gasteiger partial charge in [-0.25, -0.2) is 17.7 Å². The molecule has 184 valence electrons. The number of rotatable bonds is 7. The Bertz CT molecular complexity index is 1360. The maximum Gasteiger partial charge on any atom is 0.215 e. The summed E-state index contributed by atoms with van der Waals surface area (Å²) in [5.74, 6) is -2.94. The Labute approximate surface area is 200 Å². The molecule has 0 N–H and O–H groups in total. The third kappa shape index (κ3) is 4.76. The van der Waals surface area contributed by atoms with Gasteiger partial charge >= 0.3 is 0 Å². The summed E-state index contributed by atoms with van der Waals surface area (Å²) in [4.78, 5) is 2.35. The second-order valence-corrected chi connectivity index (χ2v) is 8.68. The van der Waals surface area contributed by atoms with E-state index in [2.05, 4.69) is 15.1 Å². The van der Waals surface area contributed by atoms with E-state index >= 15 is 0 Å². The van der Waals surface area contributed by atoms with E-state index in [0.29, 0.717) is 5.88 Å². The van der Waals surface area contributed by atoms with Crippen molar-refractivity contribution in [3.05, 3.63) is 70.9 Å². The van der Waals surface area contributed by atoms with E-state index in [0.717, 1.165) is 79.4 Å². The van der Waals surface area contributed by atoms with Crippen LogP contribution in [0.15, 0.2) is 36.7 Å². The van der Waals surface area contributed by atoms with Gasteiger partial charge in [0.2, 0.25) is 5.88 Å². The Hall–Kier alpha value is -3.37. The van der Waals surface area contributed by atoms with Gasteiger partial charge in [-0.05, 0) is 37.6 Å². The molecule has 5 rings (SSSR count). The zero-order valence-corrected chi connectivity index (χ0v) is 19.6. The predicted molar refractivity (Wildman–Crippen MR) is 124 cm³/mol. The smallest absolute Gasteiger partial charge is 0.215 e. The topological polar surface area (TPSA) is 56.8 Å². The molecule has 1 aliphatic rings. The van der Waals surface area contributed by atoms with Crippen LogP contribution in [0.3, 0.4) is 0 Å². The molecule has 3 aromatic heterocycles. The number of ether oxygens (including phenoxy) is 2. The summed E-state index contributed by atoms with van der Waals surface area (Å²) in [7, 11) is 0. The molecule has 1 saturated heterocycles. The number of aryl methyl sites for hydroxylation is 2. The van der Waals surface area contributed by atoms with E-state index in [4.69, 9.17) is 9.47 Å². The summed E-state index contributed by atoms with van der Waals surface area (Å²) in [6.45, 7) is 8.33. The van der Waals surface area contributed by atoms with E-state index in [1.807, 2.05) is 37.0 Å². The van der Waals surface area contributed by atoms with Crippen LogP contribution in [0.2, 0.25) is 0 Å². The first kappa shape index (κ1) is 23.4. The molecule has 35 heavy (non-hydrogen) atoms. The van der Waals surface area contributed by atoms with Gasteiger partial charge in [0.15, 0.2) is 11.6 Å². The lowest BCUT2D eigenvalue weighted by molar-refractivity contribution is 0.0360. The highest BCUT2D eigenvalue weighted by molar-refractivity contribution is 5.82. The van der Waals surface area contributed by atoms with E-state index in [1.54, 1.807) is 10.6 Å². The van der Waals surface area contributed by atoms with Crippen LogP contribution in [-0.4, -0.2) is 57.1 Å². The van der Waals surface area contributed by atoms with Crippen molar-refractivity contribution in [3.8, 4) is 17.0 Å². The number of pyridine rings is 1. The van der Waals surface area contributed by atoms with Crippen molar-refractivity contribution in [1.82, 2.24) is 24.3 Å². The van der Waals surface area contributed by atoms with Gasteiger partial charge in [-0.15, -0.1) is 0 Å². The van der Waals surface area contributed by atoms with E-state index in [9.17, 15) is 13.2 Å². The van der Waals surface area contributed by atoms with Gasteiger partial charge in [0, 0.05) is 43.0 Å². The van der Waals surface area contributed by atoms with Crippen molar-refractivity contribution < 1.29 is 22.6 Å². The maximum absolute atomic E-state index is 14.1. The highest BCUT2D eigenvalue weighted by Crippen LogP contribution is 2.32. The first-order chi connectivity index (χ1) is 16.9. The molecule has 10 heteroatoms. The Balaban J connectivity index is 1.41. The molecule has 0 saturated carbocycles. The van der Waals surface area contributed by atoms with Crippen molar-refractivity contribution in [3.63, 3.8) is 0 Å². The third-order valence-corrected chi connectivity index (χ3v) is 6.19. The Morgan fingerprint density at radius 1 is 1.03 bits per heavy atom. The van der Waals surface area contributed by atoms with Crippen molar-refractivity contribution >= 4 is 5.52 Å². The van der Waals surface area contributed by atoms with Crippen LogP contribution >= 0.6 is 0 Å². The van der Waals surface area contributed by atoms with Gasteiger partial charge in [-0.3, -0.25) is 9.58 Å². The molecule has 0 bridgehead atoms. The monoisotopic (exact) mass is 485 g/mol. The van der Waals surface area contributed by atoms with Gasteiger partial charge in [0.25, 0.3) is 0 Å². The maximum atomic E-state index is 14.1. The second kappa shape index (κ2) is 9.71. The van der Waals surface area contributed by atoms with Gasteiger partial charge in [-0.2, -0.15) is 10.2 Å². The molecule has 0 spiro atoms. The first-order valence-corrected chi connectivity index (χ1v) is 11.5. The molecule has 4 aromatic rings. The summed E-state index contributed by atoms with van der Waals surface area (Å²) in [6.07, 6.45) is 3.80. The third-order valence-electron chi connectivity index (χ3n) is 6.19. The number of benzene rings is 1. The molecule has 0 atom stereocenters. The number of hydrogen-bond acceptors (Lipinski definition) is 5. The number of hydrogen-bond donors (Lipinski definition) is 0.